The van der Waals surface area contributed by atoms with Crippen LogP contribution >= 0.6 is 0 Å². The van der Waals surface area contributed by atoms with Gasteiger partial charge in [0, 0.05) is 18.7 Å². The number of pyridine rings is 1. The number of nitrogens with zero attached hydrogens (tertiary/aromatic N) is 2. The minimum atomic E-state index is -0.780. The molecule has 1 aromatic heterocycles. The lowest BCUT2D eigenvalue weighted by atomic mass is 10.2. The van der Waals surface area contributed by atoms with Gasteiger partial charge >= 0.3 is 0 Å². The van der Waals surface area contributed by atoms with E-state index < -0.39 is 11.9 Å². The van der Waals surface area contributed by atoms with Gasteiger partial charge in [-0.1, -0.05) is 36.4 Å². The number of halogens is 2. The van der Waals surface area contributed by atoms with Gasteiger partial charge < -0.3 is 10.0 Å². The number of benzene rings is 1. The van der Waals surface area contributed by atoms with Crippen molar-refractivity contribution in [2.45, 2.75) is 13.5 Å². The maximum atomic E-state index is 12.2. The molecule has 1 amide bonds. The van der Waals surface area contributed by atoms with Crippen LogP contribution in [0.5, 0.6) is 0 Å². The minimum Gasteiger partial charge on any atom is -0.395 e. The van der Waals surface area contributed by atoms with Gasteiger partial charge in [0.2, 0.25) is 18.3 Å². The number of hydrogen-bond donors (Lipinski definition) is 1. The second-order valence-corrected chi connectivity index (χ2v) is 4.53. The monoisotopic (exact) mass is 308 g/mol. The van der Waals surface area contributed by atoms with Crippen LogP contribution in [-0.4, -0.2) is 34.6 Å². The van der Waals surface area contributed by atoms with E-state index in [2.05, 4.69) is 4.98 Å². The van der Waals surface area contributed by atoms with Gasteiger partial charge in [-0.2, -0.15) is 13.8 Å². The Balaban J connectivity index is 0.000000235. The highest BCUT2D eigenvalue weighted by atomic mass is 19.1. The SMILES string of the molecule is Cc1ccc(F)nc1F.O=CN(CCO)Cc1ccccc1. The van der Waals surface area contributed by atoms with Crippen molar-refractivity contribution in [2.24, 2.45) is 0 Å². The van der Waals surface area contributed by atoms with Gasteiger partial charge in [0.05, 0.1) is 6.61 Å². The fourth-order valence-corrected chi connectivity index (χ4v) is 1.60. The van der Waals surface area contributed by atoms with E-state index in [1.807, 2.05) is 30.3 Å². The van der Waals surface area contributed by atoms with E-state index in [-0.39, 0.29) is 6.61 Å². The number of carbonyl (C=O) groups excluding carboxylic acids is 1. The first-order valence-corrected chi connectivity index (χ1v) is 6.69. The normalized spacial score (nSPS) is 9.64. The van der Waals surface area contributed by atoms with Gasteiger partial charge in [-0.25, -0.2) is 0 Å². The Labute approximate surface area is 128 Å². The maximum absolute atomic E-state index is 12.2. The number of carbonyl (C=O) groups is 1. The van der Waals surface area contributed by atoms with E-state index in [1.165, 1.54) is 17.9 Å². The fraction of sp³-hybridized carbons (Fsp3) is 0.250. The number of amides is 1. The molecule has 118 valence electrons. The van der Waals surface area contributed by atoms with Gasteiger partial charge in [0.15, 0.2) is 0 Å². The molecule has 0 spiro atoms. The molecule has 0 fully saturated rings. The highest BCUT2D eigenvalue weighted by molar-refractivity contribution is 5.47. The lowest BCUT2D eigenvalue weighted by Crippen LogP contribution is -2.24. The summed E-state index contributed by atoms with van der Waals surface area (Å²) in [6.07, 6.45) is 0.753. The summed E-state index contributed by atoms with van der Waals surface area (Å²) in [7, 11) is 0. The first kappa shape index (κ1) is 17.7. The second-order valence-electron chi connectivity index (χ2n) is 4.53. The Morgan fingerprint density at radius 3 is 2.36 bits per heavy atom. The van der Waals surface area contributed by atoms with Crippen LogP contribution in [0.2, 0.25) is 0 Å². The molecule has 0 atom stereocenters. The van der Waals surface area contributed by atoms with Gasteiger partial charge in [0.1, 0.15) is 0 Å². The van der Waals surface area contributed by atoms with Gasteiger partial charge in [-0.05, 0) is 18.6 Å². The molecule has 0 aliphatic heterocycles. The van der Waals surface area contributed by atoms with Gasteiger partial charge in [0.25, 0.3) is 0 Å². The number of aryl methyl sites for hydroxylation is 1. The number of hydrogen-bond acceptors (Lipinski definition) is 3. The molecule has 0 bridgehead atoms. The molecule has 2 rings (SSSR count). The predicted octanol–water partition coefficient (Wildman–Crippen LogP) is 2.31. The van der Waals surface area contributed by atoms with Crippen molar-refractivity contribution < 1.29 is 18.7 Å². The van der Waals surface area contributed by atoms with Crippen LogP contribution in [0.25, 0.3) is 0 Å². The Bertz CT molecular complexity index is 580. The molecule has 0 aliphatic rings. The van der Waals surface area contributed by atoms with Crippen LogP contribution in [0.1, 0.15) is 11.1 Å². The molecule has 1 N–H and O–H groups in total. The average Bonchev–Trinajstić information content (AvgIpc) is 2.52. The van der Waals surface area contributed by atoms with Crippen LogP contribution in [0.3, 0.4) is 0 Å². The summed E-state index contributed by atoms with van der Waals surface area (Å²) in [6.45, 7) is 2.48. The Morgan fingerprint density at radius 2 is 1.86 bits per heavy atom. The zero-order valence-corrected chi connectivity index (χ0v) is 12.2. The summed E-state index contributed by atoms with van der Waals surface area (Å²) in [5.74, 6) is -1.52. The third-order valence-corrected chi connectivity index (χ3v) is 2.77. The molecular weight excluding hydrogens is 290 g/mol. The summed E-state index contributed by atoms with van der Waals surface area (Å²) in [4.78, 5) is 15.0. The number of rotatable bonds is 5. The molecule has 0 radical (unpaired) electrons. The van der Waals surface area contributed by atoms with Crippen LogP contribution in [0.15, 0.2) is 42.5 Å². The zero-order chi connectivity index (χ0) is 16.4. The van der Waals surface area contributed by atoms with Gasteiger partial charge in [-0.3, -0.25) is 4.79 Å². The van der Waals surface area contributed by atoms with Gasteiger partial charge in [-0.15, -0.1) is 0 Å². The zero-order valence-electron chi connectivity index (χ0n) is 12.2. The molecule has 0 unspecified atom stereocenters. The molecule has 22 heavy (non-hydrogen) atoms. The quantitative estimate of drug-likeness (QED) is 0.681. The maximum Gasteiger partial charge on any atom is 0.218 e. The molecule has 6 heteroatoms. The highest BCUT2D eigenvalue weighted by Crippen LogP contribution is 2.02. The van der Waals surface area contributed by atoms with Crippen molar-refractivity contribution in [1.82, 2.24) is 9.88 Å². The van der Waals surface area contributed by atoms with Crippen LogP contribution in [0.4, 0.5) is 8.78 Å². The molecule has 0 saturated heterocycles. The molecule has 0 saturated carbocycles. The van der Waals surface area contributed by atoms with E-state index in [0.29, 0.717) is 18.7 Å². The first-order chi connectivity index (χ1) is 10.6. The van der Waals surface area contributed by atoms with Crippen molar-refractivity contribution in [3.63, 3.8) is 0 Å². The molecule has 4 nitrogen and oxygen atoms in total. The largest absolute Gasteiger partial charge is 0.395 e. The van der Waals surface area contributed by atoms with E-state index >= 15 is 0 Å². The van der Waals surface area contributed by atoms with Crippen molar-refractivity contribution in [3.05, 3.63) is 65.5 Å². The number of aliphatic hydroxyl groups is 1. The number of aromatic nitrogens is 1. The molecule has 1 heterocycles. The third-order valence-electron chi connectivity index (χ3n) is 2.77. The summed E-state index contributed by atoms with van der Waals surface area (Å²) in [5, 5.41) is 8.65. The van der Waals surface area contributed by atoms with Crippen LogP contribution < -0.4 is 0 Å². The van der Waals surface area contributed by atoms with Crippen LogP contribution in [-0.2, 0) is 11.3 Å². The molecule has 2 aromatic rings. The van der Waals surface area contributed by atoms with E-state index in [0.717, 1.165) is 18.0 Å². The first-order valence-electron chi connectivity index (χ1n) is 6.69. The lowest BCUT2D eigenvalue weighted by molar-refractivity contribution is -0.119. The van der Waals surface area contributed by atoms with E-state index in [4.69, 9.17) is 5.11 Å². The topological polar surface area (TPSA) is 53.4 Å². The van der Waals surface area contributed by atoms with Crippen molar-refractivity contribution in [1.29, 1.82) is 0 Å². The van der Waals surface area contributed by atoms with Crippen molar-refractivity contribution in [3.8, 4) is 0 Å². The van der Waals surface area contributed by atoms with E-state index in [1.54, 1.807) is 0 Å². The summed E-state index contributed by atoms with van der Waals surface area (Å²) in [5.41, 5.74) is 1.43. The molecular formula is C16H18F2N2O2. The summed E-state index contributed by atoms with van der Waals surface area (Å²) in [6, 6.07) is 12.2. The Kier molecular flexibility index (Phi) is 7.70. The summed E-state index contributed by atoms with van der Waals surface area (Å²) >= 11 is 0. The number of aliphatic hydroxyl groups excluding tert-OH is 1. The van der Waals surface area contributed by atoms with E-state index in [9.17, 15) is 13.6 Å². The lowest BCUT2D eigenvalue weighted by Gasteiger charge is -2.15. The van der Waals surface area contributed by atoms with Crippen LogP contribution in [0, 0.1) is 18.8 Å². The van der Waals surface area contributed by atoms with Crippen molar-refractivity contribution in [2.75, 3.05) is 13.2 Å². The molecule has 1 aromatic carbocycles. The predicted molar refractivity (Wildman–Crippen MR) is 78.9 cm³/mol. The Hall–Kier alpha value is -2.34. The average molecular weight is 308 g/mol. The second kappa shape index (κ2) is 9.57. The standard InChI is InChI=1S/C10H13NO2.C6H5F2N/c12-7-6-11(9-13)8-10-4-2-1-3-5-10;1-4-2-3-5(7)9-6(4)8/h1-5,9,12H,6-8H2;2-3H,1H3. The third kappa shape index (κ3) is 6.41. The Morgan fingerprint density at radius 1 is 1.18 bits per heavy atom. The smallest absolute Gasteiger partial charge is 0.218 e. The van der Waals surface area contributed by atoms with Crippen molar-refractivity contribution >= 4 is 6.41 Å². The molecule has 0 aliphatic carbocycles. The minimum absolute atomic E-state index is 0.00553. The summed E-state index contributed by atoms with van der Waals surface area (Å²) < 4.78 is 24.2. The highest BCUT2D eigenvalue weighted by Gasteiger charge is 2.00. The fourth-order valence-electron chi connectivity index (χ4n) is 1.60.